The van der Waals surface area contributed by atoms with Crippen LogP contribution < -0.4 is 5.32 Å². The molecule has 74 heavy (non-hydrogen) atoms. The van der Waals surface area contributed by atoms with Crippen molar-refractivity contribution in [3.05, 3.63) is 0 Å². The predicted molar refractivity (Wildman–Crippen MR) is 324 cm³/mol. The minimum Gasteiger partial charge on any atom is -0.466 e. The Balaban J connectivity index is 3.28. The van der Waals surface area contributed by atoms with E-state index in [0.717, 1.165) is 38.5 Å². The zero-order valence-corrected chi connectivity index (χ0v) is 50.6. The molecule has 0 aliphatic carbocycles. The van der Waals surface area contributed by atoms with Crippen LogP contribution >= 0.6 is 0 Å². The van der Waals surface area contributed by atoms with Gasteiger partial charge >= 0.3 is 5.97 Å². The molecule has 0 aromatic rings. The fourth-order valence-corrected chi connectivity index (χ4v) is 11.2. The van der Waals surface area contributed by atoms with Gasteiger partial charge in [0.15, 0.2) is 0 Å². The molecule has 442 valence electrons. The summed E-state index contributed by atoms with van der Waals surface area (Å²) in [6, 6.07) is -0.535. The van der Waals surface area contributed by atoms with Crippen molar-refractivity contribution in [2.45, 2.75) is 411 Å². The molecule has 0 fully saturated rings. The molecule has 0 radical (unpaired) electrons. The highest BCUT2D eigenvalue weighted by Crippen LogP contribution is 2.19. The van der Waals surface area contributed by atoms with Gasteiger partial charge in [0, 0.05) is 12.8 Å². The first-order valence-electron chi connectivity index (χ1n) is 34.3. The van der Waals surface area contributed by atoms with Gasteiger partial charge in [0.05, 0.1) is 25.4 Å². The first-order valence-corrected chi connectivity index (χ1v) is 34.3. The van der Waals surface area contributed by atoms with Crippen LogP contribution in [0, 0.1) is 0 Å². The van der Waals surface area contributed by atoms with Crippen LogP contribution in [0.2, 0.25) is 0 Å². The molecule has 6 heteroatoms. The summed E-state index contributed by atoms with van der Waals surface area (Å²) in [4.78, 5) is 24.5. The monoisotopic (exact) mass is 1050 g/mol. The van der Waals surface area contributed by atoms with Crippen LogP contribution in [0.1, 0.15) is 399 Å². The van der Waals surface area contributed by atoms with Crippen molar-refractivity contribution in [1.82, 2.24) is 5.32 Å². The van der Waals surface area contributed by atoms with Gasteiger partial charge < -0.3 is 20.3 Å². The largest absolute Gasteiger partial charge is 0.466 e. The molecule has 0 aromatic heterocycles. The van der Waals surface area contributed by atoms with Crippen molar-refractivity contribution >= 4 is 11.9 Å². The van der Waals surface area contributed by atoms with Gasteiger partial charge in [0.1, 0.15) is 0 Å². The van der Waals surface area contributed by atoms with Crippen LogP contribution in [-0.4, -0.2) is 47.4 Å². The standard InChI is InChI=1S/C68H135NO5/c1-3-5-7-9-11-13-15-16-17-32-36-39-42-46-50-54-58-62-68(73)74-63-59-55-51-47-43-40-37-34-31-29-27-25-23-21-19-18-20-22-24-26-28-30-33-35-38-41-45-49-53-57-61-67(72)69-65(64-70)66(71)60-56-52-48-44-14-12-10-8-6-4-2/h65-66,70-71H,3-64H2,1-2H3,(H,69,72). The highest BCUT2D eigenvalue weighted by atomic mass is 16.5. The lowest BCUT2D eigenvalue weighted by molar-refractivity contribution is -0.143. The average molecular weight is 1050 g/mol. The number of aliphatic hydroxyl groups is 2. The molecule has 1 amide bonds. The molecular formula is C68H135NO5. The van der Waals surface area contributed by atoms with Gasteiger partial charge in [-0.1, -0.05) is 361 Å². The lowest BCUT2D eigenvalue weighted by Crippen LogP contribution is -2.45. The first kappa shape index (κ1) is 72.9. The molecule has 0 saturated heterocycles. The highest BCUT2D eigenvalue weighted by molar-refractivity contribution is 5.76. The summed E-state index contributed by atoms with van der Waals surface area (Å²) in [5.41, 5.74) is 0. The summed E-state index contributed by atoms with van der Waals surface area (Å²) in [6.07, 6.45) is 77.3. The molecule has 3 N–H and O–H groups in total. The third kappa shape index (κ3) is 60.1. The molecule has 0 rings (SSSR count). The summed E-state index contributed by atoms with van der Waals surface area (Å²) in [5.74, 6) is -0.00520. The molecule has 0 heterocycles. The SMILES string of the molecule is CCCCCCCCCCCCCCCCCCCC(=O)OCCCCCCCCCCCCCCCCCCCCCCCCCCCCCCCCC(=O)NC(CO)C(O)CCCCCCCCCCCC. The second-order valence-electron chi connectivity index (χ2n) is 23.9. The number of nitrogens with one attached hydrogen (secondary N) is 1. The molecule has 2 unspecified atom stereocenters. The Morgan fingerprint density at radius 2 is 0.554 bits per heavy atom. The van der Waals surface area contributed by atoms with E-state index in [1.807, 2.05) is 0 Å². The highest BCUT2D eigenvalue weighted by Gasteiger charge is 2.20. The van der Waals surface area contributed by atoms with Crippen molar-refractivity contribution < 1.29 is 24.5 Å². The van der Waals surface area contributed by atoms with Gasteiger partial charge in [-0.2, -0.15) is 0 Å². The van der Waals surface area contributed by atoms with Crippen LogP contribution in [0.5, 0.6) is 0 Å². The van der Waals surface area contributed by atoms with E-state index in [1.165, 1.54) is 327 Å². The third-order valence-corrected chi connectivity index (χ3v) is 16.4. The quantitative estimate of drug-likeness (QED) is 0.0417. The number of hydrogen-bond acceptors (Lipinski definition) is 5. The Labute approximate surface area is 464 Å². The molecule has 0 bridgehead atoms. The van der Waals surface area contributed by atoms with Crippen molar-refractivity contribution in [1.29, 1.82) is 0 Å². The lowest BCUT2D eigenvalue weighted by atomic mass is 10.0. The maximum absolute atomic E-state index is 12.4. The van der Waals surface area contributed by atoms with Crippen LogP contribution in [0.4, 0.5) is 0 Å². The number of amides is 1. The molecular weight excluding hydrogens is 911 g/mol. The maximum atomic E-state index is 12.4. The molecule has 0 aliphatic heterocycles. The van der Waals surface area contributed by atoms with Crippen LogP contribution in [-0.2, 0) is 14.3 Å². The number of carbonyl (C=O) groups excluding carboxylic acids is 2. The van der Waals surface area contributed by atoms with Gasteiger partial charge in [-0.25, -0.2) is 0 Å². The van der Waals surface area contributed by atoms with Gasteiger partial charge in [-0.05, 0) is 25.7 Å². The summed E-state index contributed by atoms with van der Waals surface area (Å²) < 4.78 is 5.51. The normalized spacial score (nSPS) is 12.4. The number of aliphatic hydroxyl groups excluding tert-OH is 2. The number of esters is 1. The number of rotatable bonds is 65. The minimum absolute atomic E-state index is 0.0251. The van der Waals surface area contributed by atoms with Crippen molar-refractivity contribution in [2.24, 2.45) is 0 Å². The van der Waals surface area contributed by atoms with E-state index in [0.29, 0.717) is 25.9 Å². The summed E-state index contributed by atoms with van der Waals surface area (Å²) in [6.45, 7) is 4.98. The first-order chi connectivity index (χ1) is 36.5. The molecule has 0 aromatic carbocycles. The Morgan fingerprint density at radius 3 is 0.824 bits per heavy atom. The second kappa shape index (κ2) is 64.4. The van der Waals surface area contributed by atoms with Crippen LogP contribution in [0.15, 0.2) is 0 Å². The Morgan fingerprint density at radius 1 is 0.324 bits per heavy atom. The lowest BCUT2D eigenvalue weighted by Gasteiger charge is -2.22. The smallest absolute Gasteiger partial charge is 0.305 e. The Bertz CT molecular complexity index is 1070. The van der Waals surface area contributed by atoms with E-state index in [-0.39, 0.29) is 18.5 Å². The average Bonchev–Trinajstić information content (AvgIpc) is 3.40. The minimum atomic E-state index is -0.658. The van der Waals surface area contributed by atoms with Crippen LogP contribution in [0.25, 0.3) is 0 Å². The summed E-state index contributed by atoms with van der Waals surface area (Å²) >= 11 is 0. The number of ether oxygens (including phenoxy) is 1. The van der Waals surface area contributed by atoms with Crippen LogP contribution in [0.3, 0.4) is 0 Å². The van der Waals surface area contributed by atoms with Gasteiger partial charge in [0.25, 0.3) is 0 Å². The fraction of sp³-hybridized carbons (Fsp3) is 0.971. The van der Waals surface area contributed by atoms with E-state index in [1.54, 1.807) is 0 Å². The van der Waals surface area contributed by atoms with E-state index in [9.17, 15) is 19.8 Å². The zero-order valence-electron chi connectivity index (χ0n) is 50.6. The number of hydrogen-bond donors (Lipinski definition) is 3. The van der Waals surface area contributed by atoms with Crippen molar-refractivity contribution in [3.63, 3.8) is 0 Å². The Hall–Kier alpha value is -1.14. The topological polar surface area (TPSA) is 95.9 Å². The van der Waals surface area contributed by atoms with Gasteiger partial charge in [-0.15, -0.1) is 0 Å². The maximum Gasteiger partial charge on any atom is 0.305 e. The predicted octanol–water partition coefficient (Wildman–Crippen LogP) is 21.8. The molecule has 0 saturated carbocycles. The van der Waals surface area contributed by atoms with E-state index >= 15 is 0 Å². The van der Waals surface area contributed by atoms with Crippen molar-refractivity contribution in [3.8, 4) is 0 Å². The van der Waals surface area contributed by atoms with E-state index in [2.05, 4.69) is 19.2 Å². The third-order valence-electron chi connectivity index (χ3n) is 16.4. The summed E-state index contributed by atoms with van der Waals surface area (Å²) in [5, 5.41) is 23.2. The number of unbranched alkanes of at least 4 members (excludes halogenated alkanes) is 54. The molecule has 2 atom stereocenters. The van der Waals surface area contributed by atoms with Gasteiger partial charge in [0.2, 0.25) is 5.91 Å². The van der Waals surface area contributed by atoms with E-state index in [4.69, 9.17) is 4.74 Å². The fourth-order valence-electron chi connectivity index (χ4n) is 11.2. The second-order valence-corrected chi connectivity index (χ2v) is 23.9. The Kier molecular flexibility index (Phi) is 63.4. The molecule has 0 spiro atoms. The summed E-state index contributed by atoms with van der Waals surface area (Å²) in [7, 11) is 0. The number of carbonyl (C=O) groups is 2. The van der Waals surface area contributed by atoms with E-state index < -0.39 is 12.1 Å². The zero-order chi connectivity index (χ0) is 53.6. The van der Waals surface area contributed by atoms with Crippen molar-refractivity contribution in [2.75, 3.05) is 13.2 Å². The van der Waals surface area contributed by atoms with Gasteiger partial charge in [-0.3, -0.25) is 9.59 Å². The molecule has 0 aliphatic rings. The molecule has 6 nitrogen and oxygen atoms in total.